The van der Waals surface area contributed by atoms with Crippen molar-refractivity contribution in [1.82, 2.24) is 9.88 Å². The third kappa shape index (κ3) is 3.51. The van der Waals surface area contributed by atoms with Crippen molar-refractivity contribution in [3.05, 3.63) is 93.9 Å². The third-order valence-corrected chi connectivity index (χ3v) is 6.55. The number of fused-ring (bicyclic) bond motifs is 2. The first kappa shape index (κ1) is 21.3. The van der Waals surface area contributed by atoms with Crippen LogP contribution in [0.25, 0.3) is 10.9 Å². The Kier molecular flexibility index (Phi) is 5.46. The number of carbonyl (C=O) groups is 1. The van der Waals surface area contributed by atoms with Crippen molar-refractivity contribution in [1.29, 1.82) is 0 Å². The second-order valence-corrected chi connectivity index (χ2v) is 8.35. The van der Waals surface area contributed by atoms with E-state index in [2.05, 4.69) is 4.98 Å². The first-order valence-electron chi connectivity index (χ1n) is 10.6. The lowest BCUT2D eigenvalue weighted by molar-refractivity contribution is 0.0693. The molecule has 3 aromatic carbocycles. The van der Waals surface area contributed by atoms with Crippen LogP contribution in [-0.2, 0) is 6.42 Å². The minimum atomic E-state index is -0.722. The highest BCUT2D eigenvalue weighted by Crippen LogP contribution is 2.44. The zero-order valence-electron chi connectivity index (χ0n) is 18.2. The molecule has 5 nitrogen and oxygen atoms in total. The number of benzene rings is 3. The van der Waals surface area contributed by atoms with Crippen LogP contribution in [0.5, 0.6) is 11.5 Å². The molecule has 4 aromatic rings. The molecular weight excluding hydrogens is 443 g/mol. The van der Waals surface area contributed by atoms with Gasteiger partial charge in [-0.2, -0.15) is 0 Å². The van der Waals surface area contributed by atoms with E-state index in [1.807, 2.05) is 30.3 Å². The predicted molar refractivity (Wildman–Crippen MR) is 126 cm³/mol. The van der Waals surface area contributed by atoms with Gasteiger partial charge < -0.3 is 19.4 Å². The van der Waals surface area contributed by atoms with Gasteiger partial charge in [-0.25, -0.2) is 4.39 Å². The molecule has 0 radical (unpaired) electrons. The summed E-state index contributed by atoms with van der Waals surface area (Å²) in [6.45, 7) is 0.397. The number of halogens is 2. The van der Waals surface area contributed by atoms with E-state index in [0.717, 1.165) is 22.0 Å². The predicted octanol–water partition coefficient (Wildman–Crippen LogP) is 5.77. The molecule has 0 fully saturated rings. The Morgan fingerprint density at radius 3 is 2.61 bits per heavy atom. The standard InChI is InChI=1S/C26H22ClFN2O3/c1-32-21-13-16-10-12-30(26(31)17-6-3-5-15-9-11-29-24(15)17)25(18(16)14-22(21)33-2)23-19(27)7-4-8-20(23)28/h3-9,11,13-14,25,29H,10,12H2,1-2H3/t25-/m1/s1. The summed E-state index contributed by atoms with van der Waals surface area (Å²) in [5.74, 6) is 0.430. The lowest BCUT2D eigenvalue weighted by Crippen LogP contribution is -2.41. The van der Waals surface area contributed by atoms with E-state index in [4.69, 9.17) is 21.1 Å². The van der Waals surface area contributed by atoms with Crippen LogP contribution in [0.4, 0.5) is 4.39 Å². The maximum atomic E-state index is 15.2. The Morgan fingerprint density at radius 1 is 1.09 bits per heavy atom. The Bertz CT molecular complexity index is 1350. The molecule has 0 unspecified atom stereocenters. The molecule has 0 spiro atoms. The number of nitrogens with zero attached hydrogens (tertiary/aromatic N) is 1. The molecule has 168 valence electrons. The quantitative estimate of drug-likeness (QED) is 0.417. The van der Waals surface area contributed by atoms with Gasteiger partial charge in [-0.05, 0) is 53.9 Å². The van der Waals surface area contributed by atoms with Gasteiger partial charge in [0.1, 0.15) is 5.82 Å². The number of rotatable bonds is 4. The van der Waals surface area contributed by atoms with Crippen LogP contribution in [0, 0.1) is 5.82 Å². The van der Waals surface area contributed by atoms with Crippen LogP contribution in [0.1, 0.15) is 33.1 Å². The van der Waals surface area contributed by atoms with Crippen molar-refractivity contribution in [2.75, 3.05) is 20.8 Å². The van der Waals surface area contributed by atoms with E-state index in [-0.39, 0.29) is 16.5 Å². The van der Waals surface area contributed by atoms with Crippen LogP contribution in [0.15, 0.2) is 60.8 Å². The lowest BCUT2D eigenvalue weighted by Gasteiger charge is -2.38. The normalized spacial score (nSPS) is 15.4. The molecule has 1 aliphatic heterocycles. The topological polar surface area (TPSA) is 54.6 Å². The second kappa shape index (κ2) is 8.45. The maximum absolute atomic E-state index is 15.2. The molecule has 2 heterocycles. The average Bonchev–Trinajstić information content (AvgIpc) is 3.31. The molecule has 0 aliphatic carbocycles. The number of aromatic nitrogens is 1. The summed E-state index contributed by atoms with van der Waals surface area (Å²) in [4.78, 5) is 18.7. The first-order chi connectivity index (χ1) is 16.0. The largest absolute Gasteiger partial charge is 0.493 e. The number of hydrogen-bond acceptors (Lipinski definition) is 3. The monoisotopic (exact) mass is 464 g/mol. The molecule has 1 aromatic heterocycles. The van der Waals surface area contributed by atoms with Crippen LogP contribution in [-0.4, -0.2) is 36.6 Å². The van der Waals surface area contributed by atoms with Gasteiger partial charge in [-0.15, -0.1) is 0 Å². The summed E-state index contributed by atoms with van der Waals surface area (Å²) in [5, 5.41) is 1.20. The smallest absolute Gasteiger partial charge is 0.256 e. The summed E-state index contributed by atoms with van der Waals surface area (Å²) in [7, 11) is 3.12. The second-order valence-electron chi connectivity index (χ2n) is 7.94. The number of methoxy groups -OCH3 is 2. The van der Waals surface area contributed by atoms with Crippen LogP contribution >= 0.6 is 11.6 Å². The average molecular weight is 465 g/mol. The van der Waals surface area contributed by atoms with Gasteiger partial charge in [0.05, 0.1) is 31.3 Å². The van der Waals surface area contributed by atoms with Crippen molar-refractivity contribution in [3.63, 3.8) is 0 Å². The number of para-hydroxylation sites is 1. The van der Waals surface area contributed by atoms with Crippen molar-refractivity contribution >= 4 is 28.4 Å². The van der Waals surface area contributed by atoms with Gasteiger partial charge >= 0.3 is 0 Å². The zero-order valence-corrected chi connectivity index (χ0v) is 18.9. The molecular formula is C26H22ClFN2O3. The molecule has 0 saturated carbocycles. The highest BCUT2D eigenvalue weighted by molar-refractivity contribution is 6.31. The number of H-pyrrole nitrogens is 1. The minimum absolute atomic E-state index is 0.201. The van der Waals surface area contributed by atoms with E-state index < -0.39 is 11.9 Å². The molecule has 1 aliphatic rings. The molecule has 0 bridgehead atoms. The Balaban J connectivity index is 1.72. The van der Waals surface area contributed by atoms with E-state index in [1.54, 1.807) is 43.5 Å². The SMILES string of the molecule is COc1cc2c(cc1OC)[C@H](c1c(F)cccc1Cl)N(C(=O)c1cccc3cc[nH]c13)CC2. The number of aromatic amines is 1. The van der Waals surface area contributed by atoms with Gasteiger partial charge in [-0.1, -0.05) is 29.8 Å². The highest BCUT2D eigenvalue weighted by Gasteiger charge is 2.37. The van der Waals surface area contributed by atoms with E-state index in [0.29, 0.717) is 30.0 Å². The molecule has 1 atom stereocenters. The molecule has 1 N–H and O–H groups in total. The maximum Gasteiger partial charge on any atom is 0.256 e. The van der Waals surface area contributed by atoms with E-state index in [9.17, 15) is 4.79 Å². The Labute approximate surface area is 195 Å². The summed E-state index contributed by atoms with van der Waals surface area (Å²) < 4.78 is 26.2. The fourth-order valence-corrected chi connectivity index (χ4v) is 4.93. The number of carbonyl (C=O) groups excluding carboxylic acids is 1. The molecule has 0 saturated heterocycles. The fourth-order valence-electron chi connectivity index (χ4n) is 4.67. The fraction of sp³-hybridized carbons (Fsp3) is 0.192. The third-order valence-electron chi connectivity index (χ3n) is 6.23. The molecule has 33 heavy (non-hydrogen) atoms. The number of amides is 1. The summed E-state index contributed by atoms with van der Waals surface area (Å²) >= 11 is 6.52. The highest BCUT2D eigenvalue weighted by atomic mass is 35.5. The lowest BCUT2D eigenvalue weighted by atomic mass is 9.86. The van der Waals surface area contributed by atoms with Crippen molar-refractivity contribution < 1.29 is 18.7 Å². The summed E-state index contributed by atoms with van der Waals surface area (Å²) in [5.41, 5.74) is 3.26. The minimum Gasteiger partial charge on any atom is -0.493 e. The molecule has 1 amide bonds. The van der Waals surface area contributed by atoms with Gasteiger partial charge in [0.15, 0.2) is 11.5 Å². The number of hydrogen-bond donors (Lipinski definition) is 1. The molecule has 7 heteroatoms. The number of ether oxygens (including phenoxy) is 2. The van der Waals surface area contributed by atoms with Gasteiger partial charge in [0, 0.05) is 28.7 Å². The van der Waals surface area contributed by atoms with Crippen LogP contribution < -0.4 is 9.47 Å². The van der Waals surface area contributed by atoms with Gasteiger partial charge in [-0.3, -0.25) is 4.79 Å². The van der Waals surface area contributed by atoms with E-state index >= 15 is 4.39 Å². The van der Waals surface area contributed by atoms with Crippen molar-refractivity contribution in [3.8, 4) is 11.5 Å². The van der Waals surface area contributed by atoms with Crippen LogP contribution in [0.2, 0.25) is 5.02 Å². The summed E-state index contributed by atoms with van der Waals surface area (Å²) in [6, 6.07) is 15.0. The van der Waals surface area contributed by atoms with Gasteiger partial charge in [0.25, 0.3) is 5.91 Å². The zero-order chi connectivity index (χ0) is 23.1. The molecule has 5 rings (SSSR count). The Hall–Kier alpha value is -3.51. The van der Waals surface area contributed by atoms with Crippen molar-refractivity contribution in [2.24, 2.45) is 0 Å². The Morgan fingerprint density at radius 2 is 1.85 bits per heavy atom. The van der Waals surface area contributed by atoms with Gasteiger partial charge in [0.2, 0.25) is 0 Å². The summed E-state index contributed by atoms with van der Waals surface area (Å²) in [6.07, 6.45) is 2.39. The van der Waals surface area contributed by atoms with Crippen molar-refractivity contribution in [2.45, 2.75) is 12.5 Å². The van der Waals surface area contributed by atoms with E-state index in [1.165, 1.54) is 6.07 Å². The van der Waals surface area contributed by atoms with Crippen LogP contribution in [0.3, 0.4) is 0 Å². The first-order valence-corrected chi connectivity index (χ1v) is 11.0. The number of nitrogens with one attached hydrogen (secondary N) is 1.